The van der Waals surface area contributed by atoms with Crippen LogP contribution in [0.3, 0.4) is 0 Å². The summed E-state index contributed by atoms with van der Waals surface area (Å²) in [6.45, 7) is 3.54. The zero-order valence-corrected chi connectivity index (χ0v) is 24.4. The molecule has 214 valence electrons. The molecule has 2 heterocycles. The number of hydrogen-bond acceptors (Lipinski definition) is 6. The van der Waals surface area contributed by atoms with Crippen LogP contribution in [0.25, 0.3) is 0 Å². The molecule has 0 radical (unpaired) electrons. The van der Waals surface area contributed by atoms with Gasteiger partial charge < -0.3 is 14.7 Å². The summed E-state index contributed by atoms with van der Waals surface area (Å²) in [5.41, 5.74) is 3.42. The predicted molar refractivity (Wildman–Crippen MR) is 157 cm³/mol. The van der Waals surface area contributed by atoms with E-state index >= 15 is 0 Å². The monoisotopic (exact) mass is 584 g/mol. The van der Waals surface area contributed by atoms with Crippen LogP contribution in [0.15, 0.2) is 48.6 Å². The van der Waals surface area contributed by atoms with E-state index in [0.717, 1.165) is 62.3 Å². The second-order valence-electron chi connectivity index (χ2n) is 12.1. The molecule has 5 atom stereocenters. The molecule has 9 heteroatoms. The maximum absolute atomic E-state index is 13.2. The van der Waals surface area contributed by atoms with Gasteiger partial charge in [-0.15, -0.1) is 0 Å². The van der Waals surface area contributed by atoms with Gasteiger partial charge in [0.2, 0.25) is 10.0 Å². The van der Waals surface area contributed by atoms with Crippen molar-refractivity contribution in [3.8, 4) is 5.75 Å². The Balaban J connectivity index is 1.41. The van der Waals surface area contributed by atoms with Crippen molar-refractivity contribution in [3.05, 3.63) is 70.3 Å². The molecular formula is C31H37ClN2O5S. The van der Waals surface area contributed by atoms with E-state index in [9.17, 15) is 18.3 Å². The average molecular weight is 585 g/mol. The van der Waals surface area contributed by atoms with Gasteiger partial charge >= 0.3 is 0 Å². The summed E-state index contributed by atoms with van der Waals surface area (Å²) in [5.74, 6) is 1.02. The SMILES string of the molecule is C[C@H]1[C@H](O)C/C=C\C[C@@H]2CC[C@H]2CN2C[C@@]3(CCCc4cc(Cl)ccc43)COc3ccc(cc32)C(=O)NS1(=O)=O. The summed E-state index contributed by atoms with van der Waals surface area (Å²) in [7, 11) is -4.08. The van der Waals surface area contributed by atoms with Crippen LogP contribution < -0.4 is 14.4 Å². The van der Waals surface area contributed by atoms with E-state index in [2.05, 4.69) is 27.8 Å². The molecule has 2 bridgehead atoms. The van der Waals surface area contributed by atoms with Gasteiger partial charge in [0.15, 0.2) is 0 Å². The standard InChI is InChI=1S/C31H37ClN2O5S/c1-20-28(35)7-3-2-5-21-8-9-24(21)17-34-18-31(14-4-6-22-15-25(32)11-12-26(22)31)19-39-29-13-10-23(16-27(29)34)30(36)33-40(20,37)38/h2-3,10-13,15-16,20-21,24,28,35H,4-9,14,17-19H2,1H3,(H,33,36)/b3-2-/t20-,21+,24-,28+,31-/m0/s1. The van der Waals surface area contributed by atoms with E-state index in [1.807, 2.05) is 12.1 Å². The van der Waals surface area contributed by atoms with Crippen molar-refractivity contribution >= 4 is 33.2 Å². The van der Waals surface area contributed by atoms with Gasteiger partial charge in [-0.2, -0.15) is 0 Å². The van der Waals surface area contributed by atoms with Gasteiger partial charge in [-0.3, -0.25) is 4.79 Å². The number of ether oxygens (including phenoxy) is 1. The normalized spacial score (nSPS) is 32.5. The highest BCUT2D eigenvalue weighted by Crippen LogP contribution is 2.46. The first-order valence-corrected chi connectivity index (χ1v) is 16.3. The molecule has 7 nitrogen and oxygen atoms in total. The molecule has 0 unspecified atom stereocenters. The molecule has 1 spiro atoms. The van der Waals surface area contributed by atoms with Gasteiger partial charge in [0.1, 0.15) is 11.0 Å². The highest BCUT2D eigenvalue weighted by atomic mass is 35.5. The van der Waals surface area contributed by atoms with Gasteiger partial charge in [-0.05, 0) is 105 Å². The number of aliphatic hydroxyl groups is 1. The maximum Gasteiger partial charge on any atom is 0.264 e. The number of halogens is 1. The van der Waals surface area contributed by atoms with Crippen LogP contribution in [0.5, 0.6) is 5.75 Å². The summed E-state index contributed by atoms with van der Waals surface area (Å²) < 4.78 is 34.6. The molecule has 2 aliphatic carbocycles. The molecule has 4 aliphatic rings. The Morgan fingerprint density at radius 2 is 1.90 bits per heavy atom. The van der Waals surface area contributed by atoms with Crippen molar-refractivity contribution in [2.45, 2.75) is 68.6 Å². The van der Waals surface area contributed by atoms with Gasteiger partial charge in [0.05, 0.1) is 18.4 Å². The van der Waals surface area contributed by atoms with Crippen LogP contribution >= 0.6 is 11.6 Å². The highest BCUT2D eigenvalue weighted by molar-refractivity contribution is 7.90. The number of anilines is 1. The number of carbonyl (C=O) groups is 1. The van der Waals surface area contributed by atoms with Crippen molar-refractivity contribution < 1.29 is 23.1 Å². The molecule has 2 aromatic rings. The van der Waals surface area contributed by atoms with Crippen LogP contribution in [0.2, 0.25) is 5.02 Å². The molecule has 6 rings (SSSR count). The third-order valence-corrected chi connectivity index (χ3v) is 11.6. The van der Waals surface area contributed by atoms with Crippen LogP contribution in [-0.4, -0.2) is 50.5 Å². The summed E-state index contributed by atoms with van der Waals surface area (Å²) in [5, 5.41) is 10.1. The van der Waals surface area contributed by atoms with E-state index in [1.165, 1.54) is 18.1 Å². The van der Waals surface area contributed by atoms with Crippen LogP contribution in [0.4, 0.5) is 5.69 Å². The third kappa shape index (κ3) is 5.14. The smallest absolute Gasteiger partial charge is 0.264 e. The molecule has 2 N–H and O–H groups in total. The fourth-order valence-corrected chi connectivity index (χ4v) is 8.19. The molecular weight excluding hydrogens is 548 g/mol. The summed E-state index contributed by atoms with van der Waals surface area (Å²) >= 11 is 6.37. The van der Waals surface area contributed by atoms with Crippen molar-refractivity contribution in [1.82, 2.24) is 4.72 Å². The van der Waals surface area contributed by atoms with Crippen LogP contribution in [0, 0.1) is 11.8 Å². The van der Waals surface area contributed by atoms with E-state index in [-0.39, 0.29) is 17.4 Å². The highest BCUT2D eigenvalue weighted by Gasteiger charge is 2.43. The number of fused-ring (bicyclic) bond motifs is 4. The van der Waals surface area contributed by atoms with E-state index < -0.39 is 27.3 Å². The summed E-state index contributed by atoms with van der Waals surface area (Å²) in [6, 6.07) is 11.4. The molecule has 0 saturated heterocycles. The van der Waals surface area contributed by atoms with Crippen LogP contribution in [-0.2, 0) is 21.9 Å². The Bertz CT molecular complexity index is 1440. The van der Waals surface area contributed by atoms with E-state index in [0.29, 0.717) is 24.2 Å². The topological polar surface area (TPSA) is 95.9 Å². The molecule has 1 amide bonds. The number of nitrogens with one attached hydrogen (secondary N) is 1. The summed E-state index contributed by atoms with van der Waals surface area (Å²) in [6.07, 6.45) is 9.29. The average Bonchev–Trinajstić information content (AvgIpc) is 3.06. The van der Waals surface area contributed by atoms with Crippen molar-refractivity contribution in [2.75, 3.05) is 24.6 Å². The number of amides is 1. The zero-order chi connectivity index (χ0) is 28.1. The minimum Gasteiger partial charge on any atom is -0.490 e. The molecule has 40 heavy (non-hydrogen) atoms. The Morgan fingerprint density at radius 1 is 1.10 bits per heavy atom. The zero-order valence-electron chi connectivity index (χ0n) is 22.8. The van der Waals surface area contributed by atoms with Gasteiger partial charge in [-0.25, -0.2) is 13.1 Å². The molecule has 0 aromatic heterocycles. The lowest BCUT2D eigenvalue weighted by Gasteiger charge is -2.44. The van der Waals surface area contributed by atoms with Gasteiger partial charge in [0, 0.05) is 29.1 Å². The number of carbonyl (C=O) groups excluding carboxylic acids is 1. The third-order valence-electron chi connectivity index (χ3n) is 9.58. The number of allylic oxidation sites excluding steroid dienone is 1. The Kier molecular flexibility index (Phi) is 7.38. The largest absolute Gasteiger partial charge is 0.490 e. The lowest BCUT2D eigenvalue weighted by molar-refractivity contribution is 0.0980. The van der Waals surface area contributed by atoms with E-state index in [4.69, 9.17) is 16.3 Å². The van der Waals surface area contributed by atoms with Crippen molar-refractivity contribution in [2.24, 2.45) is 11.8 Å². The first kappa shape index (κ1) is 27.6. The number of nitrogens with zero attached hydrogens (tertiary/aromatic N) is 1. The fraction of sp³-hybridized carbons (Fsp3) is 0.516. The first-order chi connectivity index (χ1) is 19.1. The fourth-order valence-electron chi connectivity index (χ4n) is 6.91. The Labute approximate surface area is 241 Å². The number of hydrogen-bond donors (Lipinski definition) is 2. The quantitative estimate of drug-likeness (QED) is 0.423. The second kappa shape index (κ2) is 10.7. The number of aliphatic hydroxyl groups excluding tert-OH is 1. The van der Waals surface area contributed by atoms with Gasteiger partial charge in [-0.1, -0.05) is 29.8 Å². The predicted octanol–water partition coefficient (Wildman–Crippen LogP) is 5.00. The van der Waals surface area contributed by atoms with Crippen LogP contribution in [0.1, 0.15) is 66.9 Å². The minimum absolute atomic E-state index is 0.214. The second-order valence-corrected chi connectivity index (χ2v) is 14.6. The van der Waals surface area contributed by atoms with Gasteiger partial charge in [0.25, 0.3) is 5.91 Å². The molecule has 2 aromatic carbocycles. The van der Waals surface area contributed by atoms with Crippen molar-refractivity contribution in [3.63, 3.8) is 0 Å². The number of rotatable bonds is 0. The molecule has 2 aliphatic heterocycles. The Hall–Kier alpha value is -2.55. The number of aryl methyl sites for hydroxylation is 1. The Morgan fingerprint density at radius 3 is 2.70 bits per heavy atom. The number of sulfonamides is 1. The summed E-state index contributed by atoms with van der Waals surface area (Å²) in [4.78, 5) is 15.6. The first-order valence-electron chi connectivity index (χ1n) is 14.3. The lowest BCUT2D eigenvalue weighted by atomic mass is 9.69. The molecule has 1 fully saturated rings. The number of benzene rings is 2. The maximum atomic E-state index is 13.2. The minimum atomic E-state index is -4.08. The lowest BCUT2D eigenvalue weighted by Crippen LogP contribution is -2.48. The van der Waals surface area contributed by atoms with E-state index in [1.54, 1.807) is 18.2 Å². The molecule has 1 saturated carbocycles. The van der Waals surface area contributed by atoms with Crippen molar-refractivity contribution in [1.29, 1.82) is 0 Å².